The molecule has 0 spiro atoms. The molecule has 0 bridgehead atoms. The Morgan fingerprint density at radius 1 is 1.05 bits per heavy atom. The van der Waals surface area contributed by atoms with Crippen molar-refractivity contribution in [2.45, 2.75) is 25.8 Å². The van der Waals surface area contributed by atoms with Gasteiger partial charge in [-0.05, 0) is 18.4 Å². The number of rotatable bonds is 5. The number of nitrogens with one attached hydrogen (secondary N) is 2. The van der Waals surface area contributed by atoms with E-state index in [1.807, 2.05) is 35.2 Å². The fourth-order valence-corrected chi connectivity index (χ4v) is 2.25. The van der Waals surface area contributed by atoms with Crippen LogP contribution in [0.25, 0.3) is 0 Å². The number of benzene rings is 1. The first-order chi connectivity index (χ1) is 9.75. The third-order valence-electron chi connectivity index (χ3n) is 3.38. The number of hydrogen-bond donors (Lipinski definition) is 2. The van der Waals surface area contributed by atoms with Crippen molar-refractivity contribution < 1.29 is 9.59 Å². The van der Waals surface area contributed by atoms with Crippen molar-refractivity contribution in [1.29, 1.82) is 0 Å². The minimum Gasteiger partial charge on any atom is -0.343 e. The first-order valence-corrected chi connectivity index (χ1v) is 7.09. The van der Waals surface area contributed by atoms with Crippen LogP contribution in [-0.2, 0) is 11.3 Å². The van der Waals surface area contributed by atoms with E-state index in [4.69, 9.17) is 0 Å². The van der Waals surface area contributed by atoms with Gasteiger partial charge in [0.05, 0.1) is 0 Å². The van der Waals surface area contributed by atoms with Gasteiger partial charge in [0.15, 0.2) is 0 Å². The van der Waals surface area contributed by atoms with Gasteiger partial charge >= 0.3 is 6.03 Å². The highest BCUT2D eigenvalue weighted by Gasteiger charge is 2.17. The smallest absolute Gasteiger partial charge is 0.315 e. The topological polar surface area (TPSA) is 61.4 Å². The monoisotopic (exact) mass is 275 g/mol. The number of likely N-dealkylation sites (tertiary alicyclic amines) is 1. The quantitative estimate of drug-likeness (QED) is 0.855. The largest absolute Gasteiger partial charge is 0.343 e. The molecule has 0 unspecified atom stereocenters. The van der Waals surface area contributed by atoms with Gasteiger partial charge in [-0.3, -0.25) is 4.79 Å². The zero-order valence-corrected chi connectivity index (χ0v) is 11.6. The highest BCUT2D eigenvalue weighted by Crippen LogP contribution is 2.08. The SMILES string of the molecule is O=C(NCCC(=O)N1CCCC1)NCc1ccccc1. The molecule has 1 aromatic rings. The summed E-state index contributed by atoms with van der Waals surface area (Å²) < 4.78 is 0. The van der Waals surface area contributed by atoms with E-state index in [1.165, 1.54) is 0 Å². The predicted octanol–water partition coefficient (Wildman–Crippen LogP) is 1.50. The highest BCUT2D eigenvalue weighted by atomic mass is 16.2. The van der Waals surface area contributed by atoms with Crippen molar-refractivity contribution in [2.75, 3.05) is 19.6 Å². The zero-order valence-electron chi connectivity index (χ0n) is 11.6. The highest BCUT2D eigenvalue weighted by molar-refractivity contribution is 5.78. The molecule has 1 fully saturated rings. The van der Waals surface area contributed by atoms with Crippen molar-refractivity contribution in [3.05, 3.63) is 35.9 Å². The molecule has 0 aromatic heterocycles. The van der Waals surface area contributed by atoms with Crippen LogP contribution in [0.3, 0.4) is 0 Å². The van der Waals surface area contributed by atoms with E-state index in [9.17, 15) is 9.59 Å². The summed E-state index contributed by atoms with van der Waals surface area (Å²) in [5.41, 5.74) is 1.05. The number of nitrogens with zero attached hydrogens (tertiary/aromatic N) is 1. The summed E-state index contributed by atoms with van der Waals surface area (Å²) in [7, 11) is 0. The third-order valence-corrected chi connectivity index (χ3v) is 3.38. The molecular weight excluding hydrogens is 254 g/mol. The molecule has 1 heterocycles. The van der Waals surface area contributed by atoms with Crippen LogP contribution < -0.4 is 10.6 Å². The van der Waals surface area contributed by atoms with Crippen molar-refractivity contribution >= 4 is 11.9 Å². The second-order valence-electron chi connectivity index (χ2n) is 4.93. The van der Waals surface area contributed by atoms with Gasteiger partial charge in [0.1, 0.15) is 0 Å². The maximum Gasteiger partial charge on any atom is 0.315 e. The van der Waals surface area contributed by atoms with E-state index in [2.05, 4.69) is 10.6 Å². The molecule has 1 aromatic carbocycles. The average molecular weight is 275 g/mol. The molecule has 2 N–H and O–H groups in total. The second kappa shape index (κ2) is 7.53. The number of urea groups is 1. The predicted molar refractivity (Wildman–Crippen MR) is 77.1 cm³/mol. The molecule has 1 aliphatic rings. The zero-order chi connectivity index (χ0) is 14.2. The van der Waals surface area contributed by atoms with Crippen molar-refractivity contribution in [3.8, 4) is 0 Å². The maximum atomic E-state index is 11.8. The summed E-state index contributed by atoms with van der Waals surface area (Å²) in [6.45, 7) is 2.60. The van der Waals surface area contributed by atoms with Crippen LogP contribution >= 0.6 is 0 Å². The normalized spacial score (nSPS) is 14.1. The number of hydrogen-bond acceptors (Lipinski definition) is 2. The molecule has 0 radical (unpaired) electrons. The van der Waals surface area contributed by atoms with Gasteiger partial charge in [-0.25, -0.2) is 4.79 Å². The summed E-state index contributed by atoms with van der Waals surface area (Å²) in [6, 6.07) is 9.48. The molecule has 1 aliphatic heterocycles. The molecule has 0 aliphatic carbocycles. The average Bonchev–Trinajstić information content (AvgIpc) is 3.00. The van der Waals surface area contributed by atoms with Crippen LogP contribution in [0.1, 0.15) is 24.8 Å². The molecule has 0 atom stereocenters. The fraction of sp³-hybridized carbons (Fsp3) is 0.467. The molecule has 20 heavy (non-hydrogen) atoms. The molecule has 0 saturated carbocycles. The first kappa shape index (κ1) is 14.4. The Labute approximate surface area is 119 Å². The van der Waals surface area contributed by atoms with E-state index in [0.29, 0.717) is 19.5 Å². The Balaban J connectivity index is 1.59. The lowest BCUT2D eigenvalue weighted by atomic mass is 10.2. The Kier molecular flexibility index (Phi) is 5.41. The van der Waals surface area contributed by atoms with E-state index in [-0.39, 0.29) is 11.9 Å². The van der Waals surface area contributed by atoms with Crippen LogP contribution in [-0.4, -0.2) is 36.5 Å². The Morgan fingerprint density at radius 3 is 2.45 bits per heavy atom. The lowest BCUT2D eigenvalue weighted by molar-refractivity contribution is -0.129. The summed E-state index contributed by atoms with van der Waals surface area (Å²) >= 11 is 0. The summed E-state index contributed by atoms with van der Waals surface area (Å²) in [5.74, 6) is 0.130. The minimum atomic E-state index is -0.233. The van der Waals surface area contributed by atoms with E-state index in [1.54, 1.807) is 0 Å². The Hall–Kier alpha value is -2.04. The van der Waals surface area contributed by atoms with Crippen molar-refractivity contribution in [2.24, 2.45) is 0 Å². The van der Waals surface area contributed by atoms with Gasteiger partial charge in [-0.2, -0.15) is 0 Å². The van der Waals surface area contributed by atoms with Crippen LogP contribution in [0, 0.1) is 0 Å². The lowest BCUT2D eigenvalue weighted by Gasteiger charge is -2.15. The first-order valence-electron chi connectivity index (χ1n) is 7.09. The molecule has 3 amide bonds. The number of carbonyl (C=O) groups excluding carboxylic acids is 2. The molecule has 5 nitrogen and oxygen atoms in total. The van der Waals surface area contributed by atoms with Gasteiger partial charge in [0.25, 0.3) is 0 Å². The van der Waals surface area contributed by atoms with Crippen LogP contribution in [0.15, 0.2) is 30.3 Å². The summed E-state index contributed by atoms with van der Waals surface area (Å²) in [6.07, 6.45) is 2.56. The molecule has 2 rings (SSSR count). The van der Waals surface area contributed by atoms with Crippen LogP contribution in [0.5, 0.6) is 0 Å². The van der Waals surface area contributed by atoms with E-state index >= 15 is 0 Å². The third kappa shape index (κ3) is 4.57. The van der Waals surface area contributed by atoms with Gasteiger partial charge in [-0.15, -0.1) is 0 Å². The van der Waals surface area contributed by atoms with E-state index in [0.717, 1.165) is 31.5 Å². The fourth-order valence-electron chi connectivity index (χ4n) is 2.25. The minimum absolute atomic E-state index is 0.130. The lowest BCUT2D eigenvalue weighted by Crippen LogP contribution is -2.38. The van der Waals surface area contributed by atoms with Gasteiger partial charge in [0, 0.05) is 32.6 Å². The molecule has 1 saturated heterocycles. The molecule has 5 heteroatoms. The Morgan fingerprint density at radius 2 is 1.75 bits per heavy atom. The molecular formula is C15H21N3O2. The Bertz CT molecular complexity index is 442. The van der Waals surface area contributed by atoms with Crippen LogP contribution in [0.4, 0.5) is 4.79 Å². The summed E-state index contributed by atoms with van der Waals surface area (Å²) in [5, 5.41) is 5.48. The van der Waals surface area contributed by atoms with Crippen molar-refractivity contribution in [3.63, 3.8) is 0 Å². The second-order valence-corrected chi connectivity index (χ2v) is 4.93. The van der Waals surface area contributed by atoms with E-state index < -0.39 is 0 Å². The number of carbonyl (C=O) groups is 2. The maximum absolute atomic E-state index is 11.8. The standard InChI is InChI=1S/C15H21N3O2/c19-14(18-10-4-5-11-18)8-9-16-15(20)17-12-13-6-2-1-3-7-13/h1-3,6-7H,4-5,8-12H2,(H2,16,17,20). The van der Waals surface area contributed by atoms with Gasteiger partial charge in [-0.1, -0.05) is 30.3 Å². The summed E-state index contributed by atoms with van der Waals surface area (Å²) in [4.78, 5) is 25.2. The van der Waals surface area contributed by atoms with Crippen molar-refractivity contribution in [1.82, 2.24) is 15.5 Å². The number of amides is 3. The molecule has 108 valence electrons. The van der Waals surface area contributed by atoms with Crippen LogP contribution in [0.2, 0.25) is 0 Å². The van der Waals surface area contributed by atoms with Gasteiger partial charge in [0.2, 0.25) is 5.91 Å². The van der Waals surface area contributed by atoms with Gasteiger partial charge < -0.3 is 15.5 Å².